The minimum atomic E-state index is -0.779. The van der Waals surface area contributed by atoms with Gasteiger partial charge in [-0.2, -0.15) is 0 Å². The van der Waals surface area contributed by atoms with Crippen LogP contribution in [0, 0.1) is 10.1 Å². The predicted molar refractivity (Wildman–Crippen MR) is 74.6 cm³/mol. The summed E-state index contributed by atoms with van der Waals surface area (Å²) in [5.41, 5.74) is 0.353. The number of nitro benzene ring substituents is 1. The standard InChI is InChI=1S/C14H14N2O5/c1-9(17)11-4-3-7-15-14(11)21-13-8-10(16(18)19)5-6-12(13)20-2/h3-9,17H,1-2H3. The number of non-ortho nitro benzene ring substituents is 1. The molecule has 0 saturated carbocycles. The zero-order valence-electron chi connectivity index (χ0n) is 11.5. The second kappa shape index (κ2) is 6.19. The summed E-state index contributed by atoms with van der Waals surface area (Å²) in [6, 6.07) is 7.34. The Labute approximate surface area is 120 Å². The van der Waals surface area contributed by atoms with E-state index in [9.17, 15) is 15.2 Å². The molecule has 21 heavy (non-hydrogen) atoms. The van der Waals surface area contributed by atoms with Gasteiger partial charge in [-0.15, -0.1) is 0 Å². The van der Waals surface area contributed by atoms with Gasteiger partial charge in [0.2, 0.25) is 5.88 Å². The smallest absolute Gasteiger partial charge is 0.273 e. The SMILES string of the molecule is COc1ccc([N+](=O)[O-])cc1Oc1ncccc1C(C)O. The van der Waals surface area contributed by atoms with Crippen LogP contribution in [0.15, 0.2) is 36.5 Å². The van der Waals surface area contributed by atoms with Crippen molar-refractivity contribution in [2.45, 2.75) is 13.0 Å². The maximum atomic E-state index is 10.8. The van der Waals surface area contributed by atoms with Crippen molar-refractivity contribution in [1.29, 1.82) is 0 Å². The Morgan fingerprint density at radius 3 is 2.71 bits per heavy atom. The molecule has 1 aromatic heterocycles. The van der Waals surface area contributed by atoms with Gasteiger partial charge in [-0.25, -0.2) is 4.98 Å². The van der Waals surface area contributed by atoms with Gasteiger partial charge in [0.05, 0.1) is 24.2 Å². The molecule has 0 spiro atoms. The van der Waals surface area contributed by atoms with E-state index in [1.165, 1.54) is 31.5 Å². The lowest BCUT2D eigenvalue weighted by molar-refractivity contribution is -0.384. The molecule has 1 aromatic carbocycles. The third-order valence-electron chi connectivity index (χ3n) is 2.82. The first-order valence-electron chi connectivity index (χ1n) is 6.16. The van der Waals surface area contributed by atoms with Crippen molar-refractivity contribution >= 4 is 5.69 Å². The van der Waals surface area contributed by atoms with Crippen LogP contribution in [-0.2, 0) is 0 Å². The van der Waals surface area contributed by atoms with E-state index in [1.807, 2.05) is 0 Å². The largest absolute Gasteiger partial charge is 0.493 e. The average molecular weight is 290 g/mol. The monoisotopic (exact) mass is 290 g/mol. The maximum Gasteiger partial charge on any atom is 0.273 e. The maximum absolute atomic E-state index is 10.8. The number of methoxy groups -OCH3 is 1. The van der Waals surface area contributed by atoms with Crippen LogP contribution in [0.1, 0.15) is 18.6 Å². The summed E-state index contributed by atoms with van der Waals surface area (Å²) in [5, 5.41) is 20.5. The Morgan fingerprint density at radius 1 is 1.33 bits per heavy atom. The van der Waals surface area contributed by atoms with Crippen LogP contribution < -0.4 is 9.47 Å². The van der Waals surface area contributed by atoms with E-state index in [4.69, 9.17) is 9.47 Å². The Kier molecular flexibility index (Phi) is 4.34. The number of hydrogen-bond donors (Lipinski definition) is 1. The van der Waals surface area contributed by atoms with Crippen LogP contribution in [-0.4, -0.2) is 22.1 Å². The number of rotatable bonds is 5. The van der Waals surface area contributed by atoms with E-state index in [2.05, 4.69) is 4.98 Å². The molecule has 2 aromatic rings. The first-order valence-corrected chi connectivity index (χ1v) is 6.16. The summed E-state index contributed by atoms with van der Waals surface area (Å²) in [6.07, 6.45) is 0.726. The number of hydrogen-bond acceptors (Lipinski definition) is 6. The van der Waals surface area contributed by atoms with E-state index in [-0.39, 0.29) is 17.3 Å². The van der Waals surface area contributed by atoms with Gasteiger partial charge in [0.15, 0.2) is 11.5 Å². The molecule has 0 radical (unpaired) electrons. The average Bonchev–Trinajstić information content (AvgIpc) is 2.47. The number of pyridine rings is 1. The van der Waals surface area contributed by atoms with Gasteiger partial charge in [0, 0.05) is 17.8 Å². The van der Waals surface area contributed by atoms with Crippen molar-refractivity contribution in [2.75, 3.05) is 7.11 Å². The van der Waals surface area contributed by atoms with Crippen molar-refractivity contribution in [3.05, 3.63) is 52.2 Å². The molecule has 0 amide bonds. The first-order chi connectivity index (χ1) is 10.0. The van der Waals surface area contributed by atoms with Gasteiger partial charge >= 0.3 is 0 Å². The van der Waals surface area contributed by atoms with Crippen LogP contribution in [0.2, 0.25) is 0 Å². The summed E-state index contributed by atoms with van der Waals surface area (Å²) in [7, 11) is 1.43. The zero-order chi connectivity index (χ0) is 15.4. The number of benzene rings is 1. The molecule has 7 heteroatoms. The molecule has 0 fully saturated rings. The third-order valence-corrected chi connectivity index (χ3v) is 2.82. The Bertz CT molecular complexity index is 658. The van der Waals surface area contributed by atoms with E-state index >= 15 is 0 Å². The lowest BCUT2D eigenvalue weighted by Gasteiger charge is -2.13. The number of nitro groups is 1. The van der Waals surface area contributed by atoms with Crippen molar-refractivity contribution < 1.29 is 19.5 Å². The number of aliphatic hydroxyl groups is 1. The molecule has 0 aliphatic rings. The molecule has 0 bridgehead atoms. The summed E-state index contributed by atoms with van der Waals surface area (Å²) in [5.74, 6) is 0.668. The Balaban J connectivity index is 2.43. The fourth-order valence-electron chi connectivity index (χ4n) is 1.77. The van der Waals surface area contributed by atoms with Crippen LogP contribution in [0.4, 0.5) is 5.69 Å². The number of aliphatic hydroxyl groups excluding tert-OH is 1. The van der Waals surface area contributed by atoms with E-state index < -0.39 is 11.0 Å². The van der Waals surface area contributed by atoms with Crippen LogP contribution in [0.5, 0.6) is 17.4 Å². The molecular formula is C14H14N2O5. The van der Waals surface area contributed by atoms with E-state index in [0.29, 0.717) is 11.3 Å². The van der Waals surface area contributed by atoms with E-state index in [1.54, 1.807) is 19.1 Å². The highest BCUT2D eigenvalue weighted by Crippen LogP contribution is 2.36. The lowest BCUT2D eigenvalue weighted by atomic mass is 10.2. The Morgan fingerprint density at radius 2 is 2.10 bits per heavy atom. The third kappa shape index (κ3) is 3.26. The van der Waals surface area contributed by atoms with Crippen molar-refractivity contribution in [3.8, 4) is 17.4 Å². The molecule has 0 saturated heterocycles. The molecule has 0 aliphatic carbocycles. The van der Waals surface area contributed by atoms with E-state index in [0.717, 1.165) is 0 Å². The molecule has 1 unspecified atom stereocenters. The molecular weight excluding hydrogens is 276 g/mol. The molecule has 1 N–H and O–H groups in total. The summed E-state index contributed by atoms with van der Waals surface area (Å²) in [6.45, 7) is 1.58. The van der Waals surface area contributed by atoms with Crippen molar-refractivity contribution in [3.63, 3.8) is 0 Å². The molecule has 2 rings (SSSR count). The summed E-state index contributed by atoms with van der Waals surface area (Å²) < 4.78 is 10.7. The van der Waals surface area contributed by atoms with Gasteiger partial charge in [-0.05, 0) is 25.1 Å². The van der Waals surface area contributed by atoms with Crippen molar-refractivity contribution in [2.24, 2.45) is 0 Å². The van der Waals surface area contributed by atoms with Crippen LogP contribution >= 0.6 is 0 Å². The quantitative estimate of drug-likeness (QED) is 0.672. The minimum Gasteiger partial charge on any atom is -0.493 e. The van der Waals surface area contributed by atoms with Gasteiger partial charge in [0.25, 0.3) is 5.69 Å². The fraction of sp³-hybridized carbons (Fsp3) is 0.214. The van der Waals surface area contributed by atoms with Crippen LogP contribution in [0.3, 0.4) is 0 Å². The molecule has 0 aliphatic heterocycles. The van der Waals surface area contributed by atoms with Gasteiger partial charge in [0.1, 0.15) is 0 Å². The fourth-order valence-corrected chi connectivity index (χ4v) is 1.77. The highest BCUT2D eigenvalue weighted by atomic mass is 16.6. The second-order valence-electron chi connectivity index (χ2n) is 4.27. The zero-order valence-corrected chi connectivity index (χ0v) is 11.5. The number of ether oxygens (including phenoxy) is 2. The summed E-state index contributed by atoms with van der Waals surface area (Å²) in [4.78, 5) is 14.3. The highest BCUT2D eigenvalue weighted by Gasteiger charge is 2.16. The minimum absolute atomic E-state index is 0.125. The highest BCUT2D eigenvalue weighted by molar-refractivity contribution is 5.50. The second-order valence-corrected chi connectivity index (χ2v) is 4.27. The van der Waals surface area contributed by atoms with Gasteiger partial charge in [-0.1, -0.05) is 0 Å². The predicted octanol–water partition coefficient (Wildman–Crippen LogP) is 2.84. The Hall–Kier alpha value is -2.67. The normalized spacial score (nSPS) is 11.8. The summed E-state index contributed by atoms with van der Waals surface area (Å²) >= 11 is 0. The molecule has 7 nitrogen and oxygen atoms in total. The van der Waals surface area contributed by atoms with Gasteiger partial charge in [-0.3, -0.25) is 10.1 Å². The van der Waals surface area contributed by atoms with Crippen LogP contribution in [0.25, 0.3) is 0 Å². The molecule has 1 atom stereocenters. The van der Waals surface area contributed by atoms with Crippen molar-refractivity contribution in [1.82, 2.24) is 4.98 Å². The number of aromatic nitrogens is 1. The van der Waals surface area contributed by atoms with Gasteiger partial charge < -0.3 is 14.6 Å². The number of nitrogens with zero attached hydrogens (tertiary/aromatic N) is 2. The topological polar surface area (TPSA) is 94.7 Å². The molecule has 110 valence electrons. The molecule has 1 heterocycles. The first kappa shape index (κ1) is 14.7. The lowest BCUT2D eigenvalue weighted by Crippen LogP contribution is -2.00.